The van der Waals surface area contributed by atoms with Crippen molar-refractivity contribution in [1.29, 1.82) is 0 Å². The van der Waals surface area contributed by atoms with Crippen LogP contribution in [0.5, 0.6) is 0 Å². The van der Waals surface area contributed by atoms with Crippen molar-refractivity contribution in [2.45, 2.75) is 84.5 Å². The van der Waals surface area contributed by atoms with Gasteiger partial charge in [-0.25, -0.2) is 19.2 Å². The number of pyridine rings is 1. The van der Waals surface area contributed by atoms with Crippen LogP contribution in [0.3, 0.4) is 0 Å². The number of rotatable bonds is 7. The summed E-state index contributed by atoms with van der Waals surface area (Å²) in [6.07, 6.45) is 2.92. The second-order valence-electron chi connectivity index (χ2n) is 18.2. The van der Waals surface area contributed by atoms with Crippen LogP contribution in [0.2, 0.25) is 0 Å². The average Bonchev–Trinajstić information content (AvgIpc) is 3.78. The SMILES string of the molecule is CCn1c(-c2cc(N3CCN(C)CC3)cnc2[C@H](C)OC)c2c3cc(sc31)-c1csc(n1)C[C@H](NC(=O)[C@H]1C[C@@H]1C)C(=O)N1C[C@@H]3[C@H]([C@H](N1)C(=O)OCC(C)(C)C2)C3(F)F. The van der Waals surface area contributed by atoms with Crippen LogP contribution in [-0.2, 0) is 43.2 Å². The molecule has 2 saturated carbocycles. The quantitative estimate of drug-likeness (QED) is 0.221. The third-order valence-corrected chi connectivity index (χ3v) is 15.3. The number of likely N-dealkylation sites (N-methyl/N-ethyl adjacent to an activating group) is 1. The molecule has 322 valence electrons. The molecule has 0 unspecified atom stereocenters. The van der Waals surface area contributed by atoms with Gasteiger partial charge in [0.2, 0.25) is 5.91 Å². The number of ether oxygens (including phenoxy) is 2. The lowest BCUT2D eigenvalue weighted by Crippen LogP contribution is -2.61. The molecule has 0 spiro atoms. The van der Waals surface area contributed by atoms with Crippen molar-refractivity contribution >= 4 is 56.4 Å². The average molecular weight is 865 g/mol. The van der Waals surface area contributed by atoms with Gasteiger partial charge in [0.25, 0.3) is 11.8 Å². The van der Waals surface area contributed by atoms with Gasteiger partial charge in [-0.3, -0.25) is 24.4 Å². The number of cyclic esters (lactones) is 1. The summed E-state index contributed by atoms with van der Waals surface area (Å²) in [5.74, 6) is -7.35. The molecule has 2 aliphatic carbocycles. The third kappa shape index (κ3) is 7.41. The molecule has 7 heterocycles. The molecule has 13 nitrogen and oxygen atoms in total. The summed E-state index contributed by atoms with van der Waals surface area (Å²) in [5, 5.41) is 7.67. The second kappa shape index (κ2) is 15.4. The van der Waals surface area contributed by atoms with Gasteiger partial charge in [0, 0.05) is 80.5 Å². The van der Waals surface area contributed by atoms with Crippen LogP contribution in [0.4, 0.5) is 14.5 Å². The first-order chi connectivity index (χ1) is 28.6. The molecular formula is C43H54F2N8O5S2. The number of methoxy groups -OCH3 is 1. The number of halogens is 2. The minimum absolute atomic E-state index is 0.0508. The normalized spacial score (nSPS) is 28.2. The number of anilines is 1. The lowest BCUT2D eigenvalue weighted by molar-refractivity contribution is -0.156. The topological polar surface area (TPSA) is 134 Å². The number of fused-ring (bicyclic) bond motifs is 8. The number of thiazole rings is 1. The van der Waals surface area contributed by atoms with Gasteiger partial charge in [-0.2, -0.15) is 0 Å². The van der Waals surface area contributed by atoms with Crippen molar-refractivity contribution in [3.63, 3.8) is 0 Å². The lowest BCUT2D eigenvalue weighted by Gasteiger charge is -2.34. The number of hydrogen-bond donors (Lipinski definition) is 2. The minimum atomic E-state index is -3.16. The molecule has 2 amide bonds. The number of amides is 2. The highest BCUT2D eigenvalue weighted by Gasteiger charge is 2.75. The molecule has 9 rings (SSSR count). The summed E-state index contributed by atoms with van der Waals surface area (Å²) in [7, 11) is 3.82. The monoisotopic (exact) mass is 864 g/mol. The number of esters is 1. The van der Waals surface area contributed by atoms with E-state index in [1.54, 1.807) is 18.4 Å². The van der Waals surface area contributed by atoms with Gasteiger partial charge in [-0.1, -0.05) is 20.8 Å². The van der Waals surface area contributed by atoms with Crippen molar-refractivity contribution in [2.24, 2.45) is 29.1 Å². The number of nitrogens with zero attached hydrogens (tertiary/aromatic N) is 6. The summed E-state index contributed by atoms with van der Waals surface area (Å²) in [4.78, 5) is 58.2. The maximum atomic E-state index is 15.3. The number of aromatic nitrogens is 3. The summed E-state index contributed by atoms with van der Waals surface area (Å²) in [6, 6.07) is 1.91. The molecule has 5 aliphatic rings. The van der Waals surface area contributed by atoms with Crippen molar-refractivity contribution < 1.29 is 32.6 Å². The molecule has 4 fully saturated rings. The zero-order valence-corrected chi connectivity index (χ0v) is 36.9. The van der Waals surface area contributed by atoms with Crippen LogP contribution < -0.4 is 15.6 Å². The van der Waals surface area contributed by atoms with E-state index in [1.807, 2.05) is 39.3 Å². The van der Waals surface area contributed by atoms with Gasteiger partial charge in [-0.05, 0) is 57.4 Å². The summed E-state index contributed by atoms with van der Waals surface area (Å²) >= 11 is 3.04. The first-order valence-electron chi connectivity index (χ1n) is 21.1. The number of thiophene rings is 1. The Labute approximate surface area is 356 Å². The largest absolute Gasteiger partial charge is 0.464 e. The number of nitrogens with one attached hydrogen (secondary N) is 2. The van der Waals surface area contributed by atoms with E-state index in [9.17, 15) is 14.4 Å². The first-order valence-corrected chi connectivity index (χ1v) is 22.8. The number of aryl methyl sites for hydroxylation is 1. The predicted octanol–water partition coefficient (Wildman–Crippen LogP) is 5.77. The fraction of sp³-hybridized carbons (Fsp3) is 0.605. The predicted molar refractivity (Wildman–Crippen MR) is 227 cm³/mol. The lowest BCUT2D eigenvalue weighted by atomic mass is 9.84. The zero-order valence-electron chi connectivity index (χ0n) is 35.2. The third-order valence-electron chi connectivity index (χ3n) is 13.2. The zero-order chi connectivity index (χ0) is 42.4. The number of hydrazine groups is 1. The van der Waals surface area contributed by atoms with E-state index in [0.717, 1.165) is 86.6 Å². The summed E-state index contributed by atoms with van der Waals surface area (Å²) < 4.78 is 44.9. The number of alkyl halides is 2. The fourth-order valence-corrected chi connectivity index (χ4v) is 11.5. The van der Waals surface area contributed by atoms with Gasteiger partial charge in [0.1, 0.15) is 16.9 Å². The van der Waals surface area contributed by atoms with Crippen LogP contribution in [0.15, 0.2) is 23.7 Å². The Hall–Kier alpha value is -4.03. The Morgan fingerprint density at radius 1 is 1.18 bits per heavy atom. The van der Waals surface area contributed by atoms with Crippen molar-refractivity contribution in [3.8, 4) is 21.8 Å². The number of carbonyl (C=O) groups excluding carboxylic acids is 3. The van der Waals surface area contributed by atoms with E-state index in [0.29, 0.717) is 18.0 Å². The van der Waals surface area contributed by atoms with Crippen LogP contribution in [0.25, 0.3) is 32.0 Å². The van der Waals surface area contributed by atoms with Crippen molar-refractivity contribution in [1.82, 2.24) is 35.2 Å². The van der Waals surface area contributed by atoms with Gasteiger partial charge >= 0.3 is 5.97 Å². The Kier molecular flexibility index (Phi) is 10.6. The summed E-state index contributed by atoms with van der Waals surface area (Å²) in [5.41, 5.74) is 7.86. The van der Waals surface area contributed by atoms with E-state index in [2.05, 4.69) is 51.2 Å². The number of hydrogen-bond acceptors (Lipinski definition) is 12. The molecule has 2 saturated heterocycles. The van der Waals surface area contributed by atoms with E-state index in [4.69, 9.17) is 19.4 Å². The Morgan fingerprint density at radius 2 is 1.93 bits per heavy atom. The minimum Gasteiger partial charge on any atom is -0.464 e. The Morgan fingerprint density at radius 3 is 2.63 bits per heavy atom. The van der Waals surface area contributed by atoms with E-state index in [1.165, 1.54) is 11.3 Å². The molecule has 4 aromatic rings. The molecule has 6 bridgehead atoms. The highest BCUT2D eigenvalue weighted by atomic mass is 32.1. The Bertz CT molecular complexity index is 2340. The Balaban J connectivity index is 1.16. The fourth-order valence-electron chi connectivity index (χ4n) is 9.32. The van der Waals surface area contributed by atoms with Crippen LogP contribution >= 0.6 is 22.7 Å². The van der Waals surface area contributed by atoms with Gasteiger partial charge in [0.15, 0.2) is 0 Å². The highest BCUT2D eigenvalue weighted by molar-refractivity contribution is 7.22. The molecule has 0 aromatic carbocycles. The van der Waals surface area contributed by atoms with Gasteiger partial charge in [0.05, 0.1) is 63.4 Å². The maximum Gasteiger partial charge on any atom is 0.325 e. The molecule has 60 heavy (non-hydrogen) atoms. The molecule has 17 heteroatoms. The maximum absolute atomic E-state index is 15.3. The molecule has 3 aliphatic heterocycles. The van der Waals surface area contributed by atoms with Crippen LogP contribution in [0, 0.1) is 29.1 Å². The highest BCUT2D eigenvalue weighted by Crippen LogP contribution is 2.59. The second-order valence-corrected chi connectivity index (χ2v) is 20.2. The summed E-state index contributed by atoms with van der Waals surface area (Å²) in [6.45, 7) is 14.1. The number of piperazine rings is 1. The number of carbonyl (C=O) groups is 3. The first kappa shape index (κ1) is 41.3. The standard InChI is InChI=1S/C43H54F2N8O5S2/c1-8-52-37(27-14-24(18-46-35(27)23(3)57-7)51-11-9-50(6)10-12-51)28-17-42(4,5)21-58-41(56)36-34-29(43(34,44)45)19-53(49-36)39(55)30(48-38(54)25-13-22(25)2)16-33-47-31(20-59-33)32-15-26(28)40(52)60-32/h14-15,18,20,22-23,25,29-30,34,36,49H,8-13,16-17,19,21H2,1-7H3,(H,48,54)/t22-,23-,25-,29+,30-,34+,36-/m0/s1. The van der Waals surface area contributed by atoms with Gasteiger partial charge < -0.3 is 29.2 Å². The molecule has 0 radical (unpaired) electrons. The molecule has 4 aromatic heterocycles. The van der Waals surface area contributed by atoms with Crippen molar-refractivity contribution in [2.75, 3.05) is 58.4 Å². The van der Waals surface area contributed by atoms with Crippen LogP contribution in [0.1, 0.15) is 63.4 Å². The van der Waals surface area contributed by atoms with Crippen molar-refractivity contribution in [3.05, 3.63) is 40.0 Å². The van der Waals surface area contributed by atoms with Gasteiger partial charge in [-0.15, -0.1) is 22.7 Å². The van der Waals surface area contributed by atoms with Crippen LogP contribution in [-0.4, -0.2) is 114 Å². The molecular weight excluding hydrogens is 811 g/mol. The van der Waals surface area contributed by atoms with E-state index in [-0.39, 0.29) is 43.4 Å². The smallest absolute Gasteiger partial charge is 0.325 e. The molecule has 7 atom stereocenters. The van der Waals surface area contributed by atoms with E-state index < -0.39 is 47.1 Å². The van der Waals surface area contributed by atoms with E-state index >= 15 is 8.78 Å². The molecule has 2 N–H and O–H groups in total.